The molecular formula is C18H20FN9O2. The van der Waals surface area contributed by atoms with E-state index in [0.717, 1.165) is 25.9 Å². The van der Waals surface area contributed by atoms with Crippen LogP contribution in [0.4, 0.5) is 10.2 Å². The fraction of sp³-hybridized carbons (Fsp3) is 0.333. The Morgan fingerprint density at radius 1 is 1.30 bits per heavy atom. The van der Waals surface area contributed by atoms with Crippen LogP contribution in [0.15, 0.2) is 34.0 Å². The lowest BCUT2D eigenvalue weighted by atomic mass is 10.1. The maximum absolute atomic E-state index is 13.3. The van der Waals surface area contributed by atoms with Gasteiger partial charge in [-0.05, 0) is 53.9 Å². The van der Waals surface area contributed by atoms with E-state index in [1.165, 1.54) is 29.4 Å². The fourth-order valence-corrected chi connectivity index (χ4v) is 3.26. The summed E-state index contributed by atoms with van der Waals surface area (Å²) >= 11 is 0. The summed E-state index contributed by atoms with van der Waals surface area (Å²) in [5.74, 6) is -0.750. The molecule has 30 heavy (non-hydrogen) atoms. The molecule has 1 aliphatic rings. The number of aromatic nitrogens is 5. The summed E-state index contributed by atoms with van der Waals surface area (Å²) in [6.07, 6.45) is 4.68. The highest BCUT2D eigenvalue weighted by molar-refractivity contribution is 5.94. The second-order valence-electron chi connectivity index (χ2n) is 6.86. The Kier molecular flexibility index (Phi) is 5.75. The minimum atomic E-state index is -0.559. The number of nitrogens with zero attached hydrogens (tertiary/aromatic N) is 7. The Morgan fingerprint density at radius 2 is 2.13 bits per heavy atom. The Labute approximate surface area is 170 Å². The molecule has 4 rings (SSSR count). The van der Waals surface area contributed by atoms with Gasteiger partial charge in [0.1, 0.15) is 5.82 Å². The molecule has 3 aromatic rings. The normalized spacial score (nSPS) is 15.0. The van der Waals surface area contributed by atoms with E-state index in [4.69, 9.17) is 5.73 Å². The predicted octanol–water partition coefficient (Wildman–Crippen LogP) is 1.12. The number of nitrogens with two attached hydrogens (primary N) is 1. The first-order chi connectivity index (χ1) is 14.6. The summed E-state index contributed by atoms with van der Waals surface area (Å²) in [6, 6.07) is 5.84. The second-order valence-corrected chi connectivity index (χ2v) is 6.86. The highest BCUT2D eigenvalue weighted by Gasteiger charge is 2.26. The van der Waals surface area contributed by atoms with Crippen molar-refractivity contribution >= 4 is 17.9 Å². The molecule has 0 radical (unpaired) electrons. The second kappa shape index (κ2) is 8.78. The number of anilines is 1. The van der Waals surface area contributed by atoms with Crippen LogP contribution in [0.1, 0.15) is 41.0 Å². The molecule has 3 N–H and O–H groups in total. The molecule has 0 unspecified atom stereocenters. The first kappa shape index (κ1) is 19.6. The van der Waals surface area contributed by atoms with Crippen LogP contribution in [0.3, 0.4) is 0 Å². The molecule has 1 aromatic carbocycles. The van der Waals surface area contributed by atoms with Crippen molar-refractivity contribution in [2.45, 2.75) is 25.8 Å². The topological polar surface area (TPSA) is 140 Å². The number of halogens is 1. The Morgan fingerprint density at radius 3 is 2.87 bits per heavy atom. The number of hydrogen-bond donors (Lipinski definition) is 2. The third kappa shape index (κ3) is 4.33. The van der Waals surface area contributed by atoms with Gasteiger partial charge in [-0.1, -0.05) is 23.8 Å². The molecule has 11 nitrogen and oxygen atoms in total. The summed E-state index contributed by atoms with van der Waals surface area (Å²) in [5, 5.41) is 19.2. The zero-order chi connectivity index (χ0) is 20.9. The van der Waals surface area contributed by atoms with Gasteiger partial charge in [0.2, 0.25) is 11.6 Å². The van der Waals surface area contributed by atoms with Gasteiger partial charge in [0.05, 0.1) is 11.9 Å². The van der Waals surface area contributed by atoms with E-state index in [1.807, 2.05) is 0 Å². The highest BCUT2D eigenvalue weighted by atomic mass is 19.1. The zero-order valence-electron chi connectivity index (χ0n) is 16.0. The molecule has 0 saturated carbocycles. The van der Waals surface area contributed by atoms with Crippen molar-refractivity contribution in [1.29, 1.82) is 0 Å². The van der Waals surface area contributed by atoms with Crippen LogP contribution >= 0.6 is 0 Å². The first-order valence-corrected chi connectivity index (χ1v) is 9.46. The number of benzene rings is 1. The Bertz CT molecular complexity index is 1060. The van der Waals surface area contributed by atoms with Gasteiger partial charge in [-0.3, -0.25) is 9.69 Å². The average Bonchev–Trinajstić information content (AvgIpc) is 3.34. The molecule has 12 heteroatoms. The Balaban J connectivity index is 1.57. The predicted molar refractivity (Wildman–Crippen MR) is 104 cm³/mol. The van der Waals surface area contributed by atoms with E-state index in [0.29, 0.717) is 17.8 Å². The van der Waals surface area contributed by atoms with E-state index < -0.39 is 11.7 Å². The number of nitrogens with one attached hydrogen (secondary N) is 1. The Hall–Kier alpha value is -3.67. The first-order valence-electron chi connectivity index (χ1n) is 9.46. The van der Waals surface area contributed by atoms with E-state index in [-0.39, 0.29) is 17.3 Å². The zero-order valence-corrected chi connectivity index (χ0v) is 16.0. The molecule has 1 amide bonds. The lowest BCUT2D eigenvalue weighted by Gasteiger charge is -2.26. The van der Waals surface area contributed by atoms with Crippen LogP contribution in [0, 0.1) is 5.82 Å². The number of amides is 1. The van der Waals surface area contributed by atoms with Crippen molar-refractivity contribution in [3.63, 3.8) is 0 Å². The largest absolute Gasteiger partial charge is 0.378 e. The molecule has 1 fully saturated rings. The molecule has 0 aliphatic carbocycles. The van der Waals surface area contributed by atoms with E-state index in [9.17, 15) is 9.18 Å². The van der Waals surface area contributed by atoms with Crippen molar-refractivity contribution in [2.75, 3.05) is 18.8 Å². The maximum atomic E-state index is 13.3. The monoisotopic (exact) mass is 413 g/mol. The number of likely N-dealkylation sites (tertiary alicyclic amines) is 1. The molecule has 1 saturated heterocycles. The van der Waals surface area contributed by atoms with Gasteiger partial charge in [-0.2, -0.15) is 9.78 Å². The number of rotatable bonds is 6. The lowest BCUT2D eigenvalue weighted by Crippen LogP contribution is -2.31. The van der Waals surface area contributed by atoms with Crippen LogP contribution in [0.25, 0.3) is 5.82 Å². The van der Waals surface area contributed by atoms with Crippen LogP contribution < -0.4 is 11.2 Å². The number of hydrazone groups is 1. The van der Waals surface area contributed by atoms with Crippen molar-refractivity contribution < 1.29 is 13.8 Å². The van der Waals surface area contributed by atoms with Crippen molar-refractivity contribution in [3.8, 4) is 5.82 Å². The highest BCUT2D eigenvalue weighted by Crippen LogP contribution is 2.19. The van der Waals surface area contributed by atoms with Gasteiger partial charge in [0, 0.05) is 6.54 Å². The van der Waals surface area contributed by atoms with E-state index in [1.54, 1.807) is 12.1 Å². The number of piperidine rings is 1. The third-order valence-corrected chi connectivity index (χ3v) is 4.72. The maximum Gasteiger partial charge on any atom is 0.293 e. The van der Waals surface area contributed by atoms with Crippen molar-refractivity contribution in [2.24, 2.45) is 5.10 Å². The molecule has 3 heterocycles. The van der Waals surface area contributed by atoms with Gasteiger partial charge in [0.25, 0.3) is 5.91 Å². The number of nitrogen functional groups attached to an aromatic ring is 1. The van der Waals surface area contributed by atoms with Gasteiger partial charge in [-0.15, -0.1) is 5.10 Å². The molecule has 0 spiro atoms. The van der Waals surface area contributed by atoms with Gasteiger partial charge < -0.3 is 5.73 Å². The minimum Gasteiger partial charge on any atom is -0.378 e. The fourth-order valence-electron chi connectivity index (χ4n) is 3.26. The SMILES string of the molecule is Nc1nonc1-n1nnc(C(=O)N/N=C\c2cccc(F)c2)c1CN1CCCCC1. The van der Waals surface area contributed by atoms with Gasteiger partial charge >= 0.3 is 0 Å². The summed E-state index contributed by atoms with van der Waals surface area (Å²) in [7, 11) is 0. The number of carbonyl (C=O) groups is 1. The van der Waals surface area contributed by atoms with Gasteiger partial charge in [0.15, 0.2) is 5.69 Å². The molecular weight excluding hydrogens is 393 g/mol. The van der Waals surface area contributed by atoms with Crippen molar-refractivity contribution in [3.05, 3.63) is 47.0 Å². The van der Waals surface area contributed by atoms with Crippen LogP contribution in [0.2, 0.25) is 0 Å². The quantitative estimate of drug-likeness (QED) is 0.452. The van der Waals surface area contributed by atoms with Crippen LogP contribution in [0.5, 0.6) is 0 Å². The van der Waals surface area contributed by atoms with Crippen LogP contribution in [-0.4, -0.2) is 55.4 Å². The molecule has 0 atom stereocenters. The summed E-state index contributed by atoms with van der Waals surface area (Å²) < 4.78 is 19.3. The standard InChI is InChI=1S/C18H20FN9O2/c19-13-6-4-5-12(9-13)10-21-23-18(29)15-14(11-27-7-2-1-3-8-27)28(26-22-15)17-16(20)24-30-25-17/h4-6,9-10H,1-3,7-8,11H2,(H2,20,24)(H,23,29)/b21-10-. The molecule has 2 aromatic heterocycles. The molecule has 0 bridgehead atoms. The number of carbonyl (C=O) groups excluding carboxylic acids is 1. The molecule has 156 valence electrons. The summed E-state index contributed by atoms with van der Waals surface area (Å²) in [6.45, 7) is 2.22. The van der Waals surface area contributed by atoms with E-state index in [2.05, 4.69) is 40.7 Å². The lowest BCUT2D eigenvalue weighted by molar-refractivity contribution is 0.0947. The molecule has 1 aliphatic heterocycles. The average molecular weight is 413 g/mol. The minimum absolute atomic E-state index is 0.0378. The van der Waals surface area contributed by atoms with E-state index >= 15 is 0 Å². The third-order valence-electron chi connectivity index (χ3n) is 4.72. The summed E-state index contributed by atoms with van der Waals surface area (Å²) in [5.41, 5.74) is 9.28. The summed E-state index contributed by atoms with van der Waals surface area (Å²) in [4.78, 5) is 14.9. The van der Waals surface area contributed by atoms with Crippen molar-refractivity contribution in [1.82, 2.24) is 35.6 Å². The smallest absolute Gasteiger partial charge is 0.293 e. The number of hydrogen-bond acceptors (Lipinski definition) is 9. The van der Waals surface area contributed by atoms with Gasteiger partial charge in [-0.25, -0.2) is 14.4 Å². The van der Waals surface area contributed by atoms with Crippen LogP contribution in [-0.2, 0) is 6.54 Å².